The third-order valence-electron chi connectivity index (χ3n) is 3.68. The van der Waals surface area contributed by atoms with E-state index in [1.165, 1.54) is 0 Å². The standard InChI is InChI=1S/C20H25NO2/c1-20(2,3)14-18(15-10-12-17(23-4)13-11-15)21-19(22)16-8-6-5-7-9-16/h5-13,18H,14H2,1-4H3,(H,21,22). The molecule has 0 aliphatic heterocycles. The highest BCUT2D eigenvalue weighted by molar-refractivity contribution is 5.94. The Bertz CT molecular complexity index is 627. The molecule has 23 heavy (non-hydrogen) atoms. The van der Waals surface area contributed by atoms with Crippen LogP contribution in [-0.4, -0.2) is 13.0 Å². The quantitative estimate of drug-likeness (QED) is 0.876. The van der Waals surface area contributed by atoms with Crippen molar-refractivity contribution < 1.29 is 9.53 Å². The van der Waals surface area contributed by atoms with Crippen molar-refractivity contribution in [2.45, 2.75) is 33.2 Å². The monoisotopic (exact) mass is 311 g/mol. The van der Waals surface area contributed by atoms with Gasteiger partial charge in [-0.05, 0) is 41.7 Å². The van der Waals surface area contributed by atoms with E-state index in [1.54, 1.807) is 7.11 Å². The summed E-state index contributed by atoms with van der Waals surface area (Å²) in [6.07, 6.45) is 0.859. The van der Waals surface area contributed by atoms with Crippen molar-refractivity contribution in [2.24, 2.45) is 5.41 Å². The van der Waals surface area contributed by atoms with Crippen LogP contribution in [0.2, 0.25) is 0 Å². The summed E-state index contributed by atoms with van der Waals surface area (Å²) in [5, 5.41) is 3.16. The molecule has 0 saturated heterocycles. The van der Waals surface area contributed by atoms with Crippen LogP contribution < -0.4 is 10.1 Å². The maximum atomic E-state index is 12.5. The fourth-order valence-electron chi connectivity index (χ4n) is 2.53. The van der Waals surface area contributed by atoms with E-state index in [4.69, 9.17) is 4.74 Å². The average molecular weight is 311 g/mol. The zero-order valence-electron chi connectivity index (χ0n) is 14.3. The van der Waals surface area contributed by atoms with Gasteiger partial charge in [0, 0.05) is 5.56 Å². The number of ether oxygens (including phenoxy) is 1. The summed E-state index contributed by atoms with van der Waals surface area (Å²) in [6.45, 7) is 6.54. The van der Waals surface area contributed by atoms with Gasteiger partial charge in [-0.15, -0.1) is 0 Å². The Kier molecular flexibility index (Phi) is 5.43. The Labute approximate surface area is 138 Å². The molecule has 122 valence electrons. The SMILES string of the molecule is COc1ccc(C(CC(C)(C)C)NC(=O)c2ccccc2)cc1. The first kappa shape index (κ1) is 17.1. The number of methoxy groups -OCH3 is 1. The molecule has 1 N–H and O–H groups in total. The molecule has 1 unspecified atom stereocenters. The maximum absolute atomic E-state index is 12.5. The molecule has 0 bridgehead atoms. The summed E-state index contributed by atoms with van der Waals surface area (Å²) >= 11 is 0. The lowest BCUT2D eigenvalue weighted by molar-refractivity contribution is 0.0926. The highest BCUT2D eigenvalue weighted by atomic mass is 16.5. The highest BCUT2D eigenvalue weighted by Crippen LogP contribution is 2.30. The molecule has 1 atom stereocenters. The van der Waals surface area contributed by atoms with Gasteiger partial charge in [0.15, 0.2) is 0 Å². The largest absolute Gasteiger partial charge is 0.497 e. The van der Waals surface area contributed by atoms with Crippen LogP contribution in [0.4, 0.5) is 0 Å². The topological polar surface area (TPSA) is 38.3 Å². The first-order valence-electron chi connectivity index (χ1n) is 7.89. The number of amides is 1. The highest BCUT2D eigenvalue weighted by Gasteiger charge is 2.22. The predicted molar refractivity (Wildman–Crippen MR) is 93.7 cm³/mol. The number of hydrogen-bond acceptors (Lipinski definition) is 2. The van der Waals surface area contributed by atoms with E-state index in [9.17, 15) is 4.79 Å². The molecule has 3 nitrogen and oxygen atoms in total. The van der Waals surface area contributed by atoms with Gasteiger partial charge in [0.05, 0.1) is 13.2 Å². The van der Waals surface area contributed by atoms with Crippen LogP contribution in [0.1, 0.15) is 49.2 Å². The number of carbonyl (C=O) groups is 1. The lowest BCUT2D eigenvalue weighted by Gasteiger charge is -2.27. The van der Waals surface area contributed by atoms with Gasteiger partial charge in [-0.2, -0.15) is 0 Å². The molecule has 1 amide bonds. The minimum absolute atomic E-state index is 0.0337. The van der Waals surface area contributed by atoms with Crippen LogP contribution >= 0.6 is 0 Å². The molecule has 0 aromatic heterocycles. The van der Waals surface area contributed by atoms with Gasteiger partial charge < -0.3 is 10.1 Å². The summed E-state index contributed by atoms with van der Waals surface area (Å²) in [5.74, 6) is 0.772. The van der Waals surface area contributed by atoms with Crippen LogP contribution in [0, 0.1) is 5.41 Å². The van der Waals surface area contributed by atoms with Gasteiger partial charge in [-0.1, -0.05) is 51.1 Å². The first-order valence-corrected chi connectivity index (χ1v) is 7.89. The second kappa shape index (κ2) is 7.32. The molecule has 0 radical (unpaired) electrons. The number of hydrogen-bond donors (Lipinski definition) is 1. The van der Waals surface area contributed by atoms with Crippen LogP contribution in [-0.2, 0) is 0 Å². The molecule has 2 rings (SSSR count). The Morgan fingerprint density at radius 2 is 1.65 bits per heavy atom. The van der Waals surface area contributed by atoms with Crippen molar-refractivity contribution in [1.29, 1.82) is 0 Å². The number of nitrogens with one attached hydrogen (secondary N) is 1. The number of rotatable bonds is 5. The second-order valence-corrected chi connectivity index (χ2v) is 6.93. The van der Waals surface area contributed by atoms with E-state index in [-0.39, 0.29) is 17.4 Å². The van der Waals surface area contributed by atoms with E-state index >= 15 is 0 Å². The molecule has 0 saturated carbocycles. The fraction of sp³-hybridized carbons (Fsp3) is 0.350. The van der Waals surface area contributed by atoms with E-state index < -0.39 is 0 Å². The molecule has 0 aliphatic carbocycles. The van der Waals surface area contributed by atoms with Gasteiger partial charge in [-0.3, -0.25) is 4.79 Å². The smallest absolute Gasteiger partial charge is 0.251 e. The predicted octanol–water partition coefficient (Wildman–Crippen LogP) is 4.60. The zero-order valence-corrected chi connectivity index (χ0v) is 14.3. The molecule has 0 aliphatic rings. The summed E-state index contributed by atoms with van der Waals surface area (Å²) in [6, 6.07) is 17.2. The normalized spacial score (nSPS) is 12.5. The Morgan fingerprint density at radius 3 is 2.17 bits per heavy atom. The van der Waals surface area contributed by atoms with Crippen LogP contribution in [0.25, 0.3) is 0 Å². The first-order chi connectivity index (χ1) is 10.9. The maximum Gasteiger partial charge on any atom is 0.251 e. The van der Waals surface area contributed by atoms with Crippen molar-refractivity contribution in [1.82, 2.24) is 5.32 Å². The van der Waals surface area contributed by atoms with Crippen molar-refractivity contribution in [3.8, 4) is 5.75 Å². The van der Waals surface area contributed by atoms with Gasteiger partial charge in [0.1, 0.15) is 5.75 Å². The van der Waals surface area contributed by atoms with Crippen molar-refractivity contribution in [3.63, 3.8) is 0 Å². The van der Waals surface area contributed by atoms with Crippen LogP contribution in [0.3, 0.4) is 0 Å². The third-order valence-corrected chi connectivity index (χ3v) is 3.68. The molecular formula is C20H25NO2. The van der Waals surface area contributed by atoms with Crippen molar-refractivity contribution in [2.75, 3.05) is 7.11 Å². The molecule has 0 heterocycles. The van der Waals surface area contributed by atoms with E-state index in [1.807, 2.05) is 54.6 Å². The van der Waals surface area contributed by atoms with Gasteiger partial charge >= 0.3 is 0 Å². The van der Waals surface area contributed by atoms with E-state index in [0.717, 1.165) is 17.7 Å². The third kappa shape index (κ3) is 5.13. The van der Waals surface area contributed by atoms with Crippen LogP contribution in [0.5, 0.6) is 5.75 Å². The minimum Gasteiger partial charge on any atom is -0.497 e. The lowest BCUT2D eigenvalue weighted by Crippen LogP contribution is -2.31. The average Bonchev–Trinajstić information content (AvgIpc) is 2.54. The Balaban J connectivity index is 2.21. The summed E-state index contributed by atoms with van der Waals surface area (Å²) < 4.78 is 5.21. The molecular weight excluding hydrogens is 286 g/mol. The Hall–Kier alpha value is -2.29. The number of carbonyl (C=O) groups excluding carboxylic acids is 1. The van der Waals surface area contributed by atoms with Crippen molar-refractivity contribution >= 4 is 5.91 Å². The van der Waals surface area contributed by atoms with E-state index in [2.05, 4.69) is 26.1 Å². The molecule has 2 aromatic rings. The zero-order chi connectivity index (χ0) is 16.9. The molecule has 3 heteroatoms. The summed E-state index contributed by atoms with van der Waals surface area (Å²) in [7, 11) is 1.65. The fourth-order valence-corrected chi connectivity index (χ4v) is 2.53. The van der Waals surface area contributed by atoms with Gasteiger partial charge in [0.25, 0.3) is 5.91 Å². The van der Waals surface area contributed by atoms with Crippen molar-refractivity contribution in [3.05, 3.63) is 65.7 Å². The molecule has 2 aromatic carbocycles. The minimum atomic E-state index is -0.0457. The summed E-state index contributed by atoms with van der Waals surface area (Å²) in [5.41, 5.74) is 1.87. The second-order valence-electron chi connectivity index (χ2n) is 6.93. The van der Waals surface area contributed by atoms with Gasteiger partial charge in [-0.25, -0.2) is 0 Å². The summed E-state index contributed by atoms with van der Waals surface area (Å²) in [4.78, 5) is 12.5. The number of benzene rings is 2. The lowest BCUT2D eigenvalue weighted by atomic mass is 9.85. The molecule has 0 fully saturated rings. The van der Waals surface area contributed by atoms with E-state index in [0.29, 0.717) is 5.56 Å². The van der Waals surface area contributed by atoms with Crippen LogP contribution in [0.15, 0.2) is 54.6 Å². The molecule has 0 spiro atoms. The Morgan fingerprint density at radius 1 is 1.04 bits per heavy atom. The van der Waals surface area contributed by atoms with Gasteiger partial charge in [0.2, 0.25) is 0 Å².